The summed E-state index contributed by atoms with van der Waals surface area (Å²) in [6, 6.07) is -7.73. The van der Waals surface area contributed by atoms with E-state index in [2.05, 4.69) is 47.2 Å². The molecular weight excluding hydrogens is 761 g/mol. The summed E-state index contributed by atoms with van der Waals surface area (Å²) >= 11 is 1.42. The van der Waals surface area contributed by atoms with Crippen molar-refractivity contribution in [2.24, 2.45) is 17.6 Å². The summed E-state index contributed by atoms with van der Waals surface area (Å²) in [6.07, 6.45) is 8.00. The quantitative estimate of drug-likeness (QED) is 0.0459. The molecule has 2 heterocycles. The SMILES string of the molecule is CC[C@H](C)[C@H](NC(=O)[C@H](Cc1cnc[nH]1)NC(=O)[C@H](CCSC)NC(=O)[C@H](CCCCN)NC(=O)[C@H](CO)NC(=O)[C@H](CC(C)C)NC(=O)[C@@H]1CCCN1)C(=O)O. The number of hydrogen-bond acceptors (Lipinski definition) is 12. The van der Waals surface area contributed by atoms with Crippen molar-refractivity contribution in [3.05, 3.63) is 18.2 Å². The number of carboxylic acids is 1. The van der Waals surface area contributed by atoms with Crippen molar-refractivity contribution in [1.29, 1.82) is 0 Å². The predicted molar refractivity (Wildman–Crippen MR) is 214 cm³/mol. The number of carbonyl (C=O) groups is 7. The molecule has 2 rings (SSSR count). The fourth-order valence-corrected chi connectivity index (χ4v) is 6.67. The van der Waals surface area contributed by atoms with Gasteiger partial charge in [0.05, 0.1) is 19.0 Å². The lowest BCUT2D eigenvalue weighted by Crippen LogP contribution is -2.60. The molecule has 12 N–H and O–H groups in total. The fraction of sp³-hybridized carbons (Fsp3) is 0.730. The molecule has 322 valence electrons. The van der Waals surface area contributed by atoms with Gasteiger partial charge in [0.25, 0.3) is 0 Å². The smallest absolute Gasteiger partial charge is 0.326 e. The second-order valence-electron chi connectivity index (χ2n) is 14.8. The van der Waals surface area contributed by atoms with E-state index < -0.39 is 90.3 Å². The molecule has 0 radical (unpaired) electrons. The van der Waals surface area contributed by atoms with E-state index >= 15 is 0 Å². The van der Waals surface area contributed by atoms with Crippen molar-refractivity contribution >= 4 is 53.2 Å². The molecule has 1 aromatic rings. The van der Waals surface area contributed by atoms with Crippen LogP contribution in [-0.4, -0.2) is 136 Å². The molecule has 0 aromatic carbocycles. The summed E-state index contributed by atoms with van der Waals surface area (Å²) in [5, 5.41) is 38.8. The highest BCUT2D eigenvalue weighted by molar-refractivity contribution is 7.98. The van der Waals surface area contributed by atoms with E-state index in [1.54, 1.807) is 13.8 Å². The van der Waals surface area contributed by atoms with Crippen molar-refractivity contribution in [2.75, 3.05) is 31.7 Å². The first-order valence-corrected chi connectivity index (χ1v) is 21.1. The Morgan fingerprint density at radius 1 is 0.860 bits per heavy atom. The van der Waals surface area contributed by atoms with Gasteiger partial charge in [-0.2, -0.15) is 11.8 Å². The van der Waals surface area contributed by atoms with Gasteiger partial charge in [0, 0.05) is 18.3 Å². The first-order valence-electron chi connectivity index (χ1n) is 19.7. The van der Waals surface area contributed by atoms with Crippen LogP contribution in [-0.2, 0) is 40.0 Å². The van der Waals surface area contributed by atoms with Crippen molar-refractivity contribution in [3.8, 4) is 0 Å². The van der Waals surface area contributed by atoms with E-state index in [9.17, 15) is 43.8 Å². The molecular formula is C37H64N10O9S. The van der Waals surface area contributed by atoms with Crippen molar-refractivity contribution in [3.63, 3.8) is 0 Å². The van der Waals surface area contributed by atoms with Gasteiger partial charge in [0.15, 0.2) is 0 Å². The van der Waals surface area contributed by atoms with Crippen LogP contribution in [0.1, 0.15) is 84.8 Å². The Labute approximate surface area is 338 Å². The number of nitrogens with one attached hydrogen (secondary N) is 8. The zero-order chi connectivity index (χ0) is 42.5. The Morgan fingerprint density at radius 3 is 1.98 bits per heavy atom. The van der Waals surface area contributed by atoms with Crippen LogP contribution >= 0.6 is 11.8 Å². The zero-order valence-corrected chi connectivity index (χ0v) is 34.5. The van der Waals surface area contributed by atoms with Crippen LogP contribution in [0.5, 0.6) is 0 Å². The summed E-state index contributed by atoms with van der Waals surface area (Å²) in [6.45, 7) is 7.44. The lowest BCUT2D eigenvalue weighted by atomic mass is 9.98. The number of rotatable bonds is 27. The standard InChI is InChI=1S/C37H64N10O9S/c1-6-22(4)30(37(55)56)47-35(53)28(17-23-18-39-20-41-23)45-33(51)26(12-15-57-5)43-32(50)25(10-7-8-13-38)42-36(54)29(19-48)46-34(52)27(16-21(2)3)44-31(49)24-11-9-14-40-24/h18,20-22,24-30,40,48H,6-17,19,38H2,1-5H3,(H,39,41)(H,42,54)(H,43,50)(H,44,49)(H,45,51)(H,46,52)(H,47,53)(H,55,56)/t22-,24-,25-,26-,27-,28-,29-,30-/m0/s1. The van der Waals surface area contributed by atoms with Crippen LogP contribution in [0.3, 0.4) is 0 Å². The Balaban J connectivity index is 2.26. The second-order valence-corrected chi connectivity index (χ2v) is 15.8. The number of carboxylic acid groups (broad SMARTS) is 1. The number of aliphatic hydroxyl groups excluding tert-OH is 1. The number of aliphatic carboxylic acids is 1. The minimum Gasteiger partial charge on any atom is -0.480 e. The summed E-state index contributed by atoms with van der Waals surface area (Å²) in [5.41, 5.74) is 6.18. The third kappa shape index (κ3) is 17.0. The van der Waals surface area contributed by atoms with E-state index in [1.807, 2.05) is 20.1 Å². The van der Waals surface area contributed by atoms with Crippen LogP contribution in [0.4, 0.5) is 0 Å². The molecule has 20 heteroatoms. The number of carbonyl (C=O) groups excluding carboxylic acids is 6. The first kappa shape index (κ1) is 48.9. The van der Waals surface area contributed by atoms with Crippen LogP contribution in [0.15, 0.2) is 12.5 Å². The Morgan fingerprint density at radius 2 is 1.46 bits per heavy atom. The van der Waals surface area contributed by atoms with Gasteiger partial charge in [0.2, 0.25) is 35.4 Å². The van der Waals surface area contributed by atoms with Gasteiger partial charge in [-0.3, -0.25) is 28.8 Å². The number of H-pyrrole nitrogens is 1. The first-order chi connectivity index (χ1) is 27.1. The minimum absolute atomic E-state index is 0.00687. The molecule has 1 fully saturated rings. The summed E-state index contributed by atoms with van der Waals surface area (Å²) in [5.74, 6) is -5.24. The molecule has 1 saturated heterocycles. The van der Waals surface area contributed by atoms with Crippen LogP contribution in [0.2, 0.25) is 0 Å². The number of amides is 6. The van der Waals surface area contributed by atoms with Crippen molar-refractivity contribution in [2.45, 2.75) is 128 Å². The normalized spacial score (nSPS) is 17.6. The number of nitrogens with two attached hydrogens (primary N) is 1. The Kier molecular flexibility index (Phi) is 22.2. The maximum atomic E-state index is 13.9. The molecule has 1 aliphatic heterocycles. The predicted octanol–water partition coefficient (Wildman–Crippen LogP) is -1.34. The van der Waals surface area contributed by atoms with Crippen molar-refractivity contribution in [1.82, 2.24) is 47.2 Å². The number of aliphatic hydroxyl groups is 1. The molecule has 0 aliphatic carbocycles. The van der Waals surface area contributed by atoms with E-state index in [0.717, 1.165) is 6.42 Å². The monoisotopic (exact) mass is 824 g/mol. The fourth-order valence-electron chi connectivity index (χ4n) is 6.20. The molecule has 6 amide bonds. The van der Waals surface area contributed by atoms with Gasteiger partial charge < -0.3 is 58.1 Å². The minimum atomic E-state index is -1.47. The maximum absolute atomic E-state index is 13.9. The molecule has 0 unspecified atom stereocenters. The third-order valence-corrected chi connectivity index (χ3v) is 10.4. The molecule has 0 saturated carbocycles. The van der Waals surface area contributed by atoms with E-state index in [4.69, 9.17) is 5.73 Å². The maximum Gasteiger partial charge on any atom is 0.326 e. The Bertz CT molecular complexity index is 1440. The number of aromatic amines is 1. The number of hydrogen-bond donors (Lipinski definition) is 11. The van der Waals surface area contributed by atoms with E-state index in [0.29, 0.717) is 50.2 Å². The summed E-state index contributed by atoms with van der Waals surface area (Å²) in [4.78, 5) is 99.8. The molecule has 0 spiro atoms. The number of imidazole rings is 1. The number of unbranched alkanes of at least 4 members (excludes halogenated alkanes) is 1. The molecule has 19 nitrogen and oxygen atoms in total. The van der Waals surface area contributed by atoms with Gasteiger partial charge in [-0.05, 0) is 81.9 Å². The van der Waals surface area contributed by atoms with Crippen molar-refractivity contribution < 1.29 is 43.8 Å². The molecule has 57 heavy (non-hydrogen) atoms. The summed E-state index contributed by atoms with van der Waals surface area (Å²) < 4.78 is 0. The highest BCUT2D eigenvalue weighted by atomic mass is 32.2. The molecule has 1 aliphatic rings. The second kappa shape index (κ2) is 25.9. The lowest BCUT2D eigenvalue weighted by Gasteiger charge is -2.28. The number of nitrogens with zero attached hydrogens (tertiary/aromatic N) is 1. The van der Waals surface area contributed by atoms with Gasteiger partial charge in [-0.25, -0.2) is 9.78 Å². The highest BCUT2D eigenvalue weighted by Gasteiger charge is 2.35. The van der Waals surface area contributed by atoms with Gasteiger partial charge in [-0.1, -0.05) is 34.1 Å². The largest absolute Gasteiger partial charge is 0.480 e. The molecule has 1 aromatic heterocycles. The number of aromatic nitrogens is 2. The average molecular weight is 825 g/mol. The average Bonchev–Trinajstić information content (AvgIpc) is 3.91. The van der Waals surface area contributed by atoms with Gasteiger partial charge in [0.1, 0.15) is 36.3 Å². The summed E-state index contributed by atoms with van der Waals surface area (Å²) in [7, 11) is 0. The zero-order valence-electron chi connectivity index (χ0n) is 33.7. The number of thioether (sulfide) groups is 1. The van der Waals surface area contributed by atoms with E-state index in [1.165, 1.54) is 24.3 Å². The van der Waals surface area contributed by atoms with Crippen LogP contribution in [0, 0.1) is 11.8 Å². The third-order valence-electron chi connectivity index (χ3n) is 9.74. The van der Waals surface area contributed by atoms with Crippen LogP contribution < -0.4 is 43.0 Å². The van der Waals surface area contributed by atoms with Gasteiger partial charge >= 0.3 is 5.97 Å². The van der Waals surface area contributed by atoms with E-state index in [-0.39, 0.29) is 37.5 Å². The molecule has 0 bridgehead atoms. The Hall–Kier alpha value is -4.27. The van der Waals surface area contributed by atoms with Crippen LogP contribution in [0.25, 0.3) is 0 Å². The lowest BCUT2D eigenvalue weighted by molar-refractivity contribution is -0.143. The highest BCUT2D eigenvalue weighted by Crippen LogP contribution is 2.12. The molecule has 8 atom stereocenters. The topological polar surface area (TPSA) is 299 Å². The van der Waals surface area contributed by atoms with Gasteiger partial charge in [-0.15, -0.1) is 0 Å².